The van der Waals surface area contributed by atoms with Crippen LogP contribution in [0.1, 0.15) is 77.5 Å². The van der Waals surface area contributed by atoms with Gasteiger partial charge in [0.05, 0.1) is 17.8 Å². The van der Waals surface area contributed by atoms with Crippen molar-refractivity contribution in [3.63, 3.8) is 0 Å². The van der Waals surface area contributed by atoms with Gasteiger partial charge in [-0.15, -0.1) is 0 Å². The van der Waals surface area contributed by atoms with Gasteiger partial charge in [-0.05, 0) is 93.6 Å². The Morgan fingerprint density at radius 1 is 1.07 bits per heavy atom. The fourth-order valence-electron chi connectivity index (χ4n) is 8.48. The molecule has 3 fully saturated rings. The average Bonchev–Trinajstić information content (AvgIpc) is 3.22. The van der Waals surface area contributed by atoms with Crippen LogP contribution < -0.4 is 0 Å². The number of fused-ring (bicyclic) bond motifs is 9. The predicted molar refractivity (Wildman–Crippen MR) is 121 cm³/mol. The second-order valence-corrected chi connectivity index (χ2v) is 11.8. The molecular weight excluding hydrogens is 370 g/mol. The first kappa shape index (κ1) is 19.4. The van der Waals surface area contributed by atoms with E-state index < -0.39 is 5.60 Å². The number of aromatic nitrogens is 1. The van der Waals surface area contributed by atoms with Crippen LogP contribution in [0.2, 0.25) is 0 Å². The van der Waals surface area contributed by atoms with E-state index in [1.54, 1.807) is 11.3 Å². The molecule has 1 aliphatic heterocycles. The molecule has 0 radical (unpaired) electrons. The molecule has 3 aliphatic carbocycles. The van der Waals surface area contributed by atoms with Gasteiger partial charge in [-0.25, -0.2) is 0 Å². The van der Waals surface area contributed by atoms with Gasteiger partial charge in [-0.1, -0.05) is 32.0 Å². The number of ether oxygens (including phenoxy) is 1. The Morgan fingerprint density at radius 2 is 1.87 bits per heavy atom. The van der Waals surface area contributed by atoms with Crippen molar-refractivity contribution in [1.29, 1.82) is 0 Å². The lowest BCUT2D eigenvalue weighted by molar-refractivity contribution is -0.210. The van der Waals surface area contributed by atoms with E-state index in [1.807, 2.05) is 13.8 Å². The highest BCUT2D eigenvalue weighted by Gasteiger charge is 2.64. The van der Waals surface area contributed by atoms with Crippen molar-refractivity contribution in [3.8, 4) is 0 Å². The van der Waals surface area contributed by atoms with Crippen LogP contribution in [0.4, 0.5) is 0 Å². The summed E-state index contributed by atoms with van der Waals surface area (Å²) in [5, 5.41) is 12.0. The zero-order valence-electron chi connectivity index (χ0n) is 19.0. The summed E-state index contributed by atoms with van der Waals surface area (Å²) in [4.78, 5) is 3.91. The quantitative estimate of drug-likeness (QED) is 0.633. The molecule has 1 aromatic carbocycles. The maximum Gasteiger partial charge on any atom is 0.0860 e. The molecule has 6 rings (SSSR count). The van der Waals surface area contributed by atoms with E-state index in [0.717, 1.165) is 24.7 Å². The van der Waals surface area contributed by atoms with Crippen LogP contribution in [0.15, 0.2) is 24.3 Å². The van der Waals surface area contributed by atoms with Gasteiger partial charge in [-0.2, -0.15) is 0 Å². The van der Waals surface area contributed by atoms with Gasteiger partial charge in [0.2, 0.25) is 0 Å². The number of hydrogen-bond acceptors (Lipinski definition) is 2. The number of H-pyrrole nitrogens is 1. The monoisotopic (exact) mass is 407 g/mol. The molecule has 3 heteroatoms. The second kappa shape index (κ2) is 6.13. The van der Waals surface area contributed by atoms with Gasteiger partial charge < -0.3 is 14.8 Å². The van der Waals surface area contributed by atoms with Crippen LogP contribution in [-0.2, 0) is 16.6 Å². The van der Waals surface area contributed by atoms with Gasteiger partial charge in [0.25, 0.3) is 0 Å². The number of nitrogens with one attached hydrogen (secondary N) is 1. The van der Waals surface area contributed by atoms with Gasteiger partial charge in [0, 0.05) is 22.0 Å². The number of rotatable bonds is 1. The molecule has 2 saturated carbocycles. The molecular formula is C27H37NO2. The van der Waals surface area contributed by atoms with Gasteiger partial charge >= 0.3 is 0 Å². The number of para-hydroxylation sites is 1. The Hall–Kier alpha value is -1.32. The molecule has 3 nitrogen and oxygen atoms in total. The standard InChI is InChI=1S/C27H37NO2/c1-25(2,29)23-12-10-18-20-11-9-16-15-19-17-7-5-6-8-21(17)28-24(19)27(16,4)26(20,3)14-13-22(18)30-23/h5-8,16,18,20,22-23,28-29H,9-15H2,1-4H3/t16?,18?,20?,22?,23-,26-,27+/m0/s1. The minimum atomic E-state index is -0.736. The van der Waals surface area contributed by atoms with Gasteiger partial charge in [0.1, 0.15) is 0 Å². The highest BCUT2D eigenvalue weighted by Crippen LogP contribution is 2.68. The molecule has 0 amide bonds. The summed E-state index contributed by atoms with van der Waals surface area (Å²) >= 11 is 0. The van der Waals surface area contributed by atoms with E-state index in [9.17, 15) is 5.11 Å². The lowest BCUT2D eigenvalue weighted by atomic mass is 9.43. The summed E-state index contributed by atoms with van der Waals surface area (Å²) in [6.45, 7) is 9.03. The van der Waals surface area contributed by atoms with E-state index >= 15 is 0 Å². The third-order valence-corrected chi connectivity index (χ3v) is 10.3. The summed E-state index contributed by atoms with van der Waals surface area (Å²) in [6, 6.07) is 8.91. The van der Waals surface area contributed by atoms with Crippen LogP contribution in [0.25, 0.3) is 10.9 Å². The number of benzene rings is 1. The molecule has 0 spiro atoms. The summed E-state index contributed by atoms with van der Waals surface area (Å²) in [5.74, 6) is 2.13. The highest BCUT2D eigenvalue weighted by atomic mass is 16.5. The first-order valence-electron chi connectivity index (χ1n) is 12.2. The highest BCUT2D eigenvalue weighted by molar-refractivity contribution is 5.86. The Kier molecular flexibility index (Phi) is 3.96. The molecule has 2 heterocycles. The van der Waals surface area contributed by atoms with Crippen LogP contribution >= 0.6 is 0 Å². The molecule has 162 valence electrons. The van der Waals surface area contributed by atoms with E-state index in [0.29, 0.717) is 17.4 Å². The largest absolute Gasteiger partial charge is 0.388 e. The predicted octanol–water partition coefficient (Wildman–Crippen LogP) is 5.74. The van der Waals surface area contributed by atoms with Crippen molar-refractivity contribution in [2.45, 2.75) is 95.9 Å². The van der Waals surface area contributed by atoms with Crippen molar-refractivity contribution >= 4 is 10.9 Å². The zero-order valence-corrected chi connectivity index (χ0v) is 19.0. The van der Waals surface area contributed by atoms with E-state index in [2.05, 4.69) is 43.1 Å². The second-order valence-electron chi connectivity index (χ2n) is 11.8. The number of aliphatic hydroxyl groups is 1. The van der Waals surface area contributed by atoms with Crippen molar-refractivity contribution in [1.82, 2.24) is 4.98 Å². The van der Waals surface area contributed by atoms with Crippen LogP contribution in [0.3, 0.4) is 0 Å². The van der Waals surface area contributed by atoms with E-state index in [-0.39, 0.29) is 11.5 Å². The van der Waals surface area contributed by atoms with Crippen molar-refractivity contribution in [3.05, 3.63) is 35.5 Å². The molecule has 1 aromatic heterocycles. The normalized spacial score (nSPS) is 43.0. The minimum Gasteiger partial charge on any atom is -0.388 e. The topological polar surface area (TPSA) is 45.2 Å². The summed E-state index contributed by atoms with van der Waals surface area (Å²) in [7, 11) is 0. The third-order valence-electron chi connectivity index (χ3n) is 10.3. The first-order valence-corrected chi connectivity index (χ1v) is 12.2. The number of hydrogen-bond donors (Lipinski definition) is 2. The Labute approximate surface area is 180 Å². The summed E-state index contributed by atoms with van der Waals surface area (Å²) in [6.07, 6.45) is 8.82. The Balaban J connectivity index is 1.39. The summed E-state index contributed by atoms with van der Waals surface area (Å²) < 4.78 is 6.55. The Bertz CT molecular complexity index is 986. The number of aromatic amines is 1. The molecule has 30 heavy (non-hydrogen) atoms. The molecule has 7 atom stereocenters. The molecule has 4 aliphatic rings. The van der Waals surface area contributed by atoms with Crippen LogP contribution in [-0.4, -0.2) is 27.9 Å². The lowest BCUT2D eigenvalue weighted by Crippen LogP contribution is -2.61. The molecule has 2 N–H and O–H groups in total. The maximum absolute atomic E-state index is 10.5. The molecule has 4 unspecified atom stereocenters. The smallest absolute Gasteiger partial charge is 0.0860 e. The average molecular weight is 408 g/mol. The Morgan fingerprint density at radius 3 is 2.67 bits per heavy atom. The first-order chi connectivity index (χ1) is 14.2. The zero-order chi connectivity index (χ0) is 20.9. The molecule has 1 saturated heterocycles. The minimum absolute atomic E-state index is 0.0122. The van der Waals surface area contributed by atoms with Crippen LogP contribution in [0, 0.1) is 23.2 Å². The SMILES string of the molecule is CC(C)(O)[C@@H]1CCC2C(CC[C@@]3(C)C2CCC2Cc4c([nH]c5ccccc45)[C@@]23C)O1. The van der Waals surface area contributed by atoms with Gasteiger partial charge in [0.15, 0.2) is 0 Å². The summed E-state index contributed by atoms with van der Waals surface area (Å²) in [5.41, 5.74) is 4.27. The van der Waals surface area contributed by atoms with Crippen molar-refractivity contribution < 1.29 is 9.84 Å². The third kappa shape index (κ3) is 2.34. The fraction of sp³-hybridized carbons (Fsp3) is 0.704. The van der Waals surface area contributed by atoms with Crippen molar-refractivity contribution in [2.24, 2.45) is 23.2 Å². The van der Waals surface area contributed by atoms with Crippen LogP contribution in [0.5, 0.6) is 0 Å². The van der Waals surface area contributed by atoms with E-state index in [4.69, 9.17) is 4.74 Å². The van der Waals surface area contributed by atoms with Crippen molar-refractivity contribution in [2.75, 3.05) is 0 Å². The molecule has 0 bridgehead atoms. The van der Waals surface area contributed by atoms with Gasteiger partial charge in [-0.3, -0.25) is 0 Å². The molecule has 2 aromatic rings. The maximum atomic E-state index is 10.5. The fourth-order valence-corrected chi connectivity index (χ4v) is 8.48. The van der Waals surface area contributed by atoms with E-state index in [1.165, 1.54) is 43.0 Å². The lowest BCUT2D eigenvalue weighted by Gasteiger charge is -2.63.